The molecule has 1 N–H and O–H groups in total. The molecular weight excluding hydrogens is 294 g/mol. The minimum Gasteiger partial charge on any atom is -0.480 e. The summed E-state index contributed by atoms with van der Waals surface area (Å²) in [6, 6.07) is 8.79. The minimum absolute atomic E-state index is 0.253. The second kappa shape index (κ2) is 6.24. The predicted molar refractivity (Wildman–Crippen MR) is 84.6 cm³/mol. The van der Waals surface area contributed by atoms with E-state index in [1.165, 1.54) is 4.90 Å². The summed E-state index contributed by atoms with van der Waals surface area (Å²) in [6.07, 6.45) is 3.86. The van der Waals surface area contributed by atoms with Crippen LogP contribution in [-0.2, 0) is 4.79 Å². The number of benzene rings is 1. The minimum atomic E-state index is -0.939. The van der Waals surface area contributed by atoms with E-state index in [1.54, 1.807) is 17.8 Å². The molecule has 1 aliphatic rings. The van der Waals surface area contributed by atoms with Gasteiger partial charge in [-0.3, -0.25) is 4.79 Å². The highest BCUT2D eigenvalue weighted by Gasteiger charge is 2.33. The molecule has 23 heavy (non-hydrogen) atoms. The smallest absolute Gasteiger partial charge is 0.326 e. The number of piperidine rings is 1. The van der Waals surface area contributed by atoms with Crippen LogP contribution in [0, 0.1) is 6.92 Å². The molecule has 2 heterocycles. The van der Waals surface area contributed by atoms with E-state index in [-0.39, 0.29) is 5.91 Å². The van der Waals surface area contributed by atoms with E-state index in [0.717, 1.165) is 18.5 Å². The van der Waals surface area contributed by atoms with Crippen LogP contribution in [0.2, 0.25) is 0 Å². The standard InChI is InChI=1S/C17H19N3O3/c1-12-14(11-20(18-12)13-7-3-2-4-8-13)16(21)19-10-6-5-9-15(19)17(22)23/h2-4,7-8,11,15H,5-6,9-10H2,1H3,(H,22,23)/t15-/m1/s1. The maximum Gasteiger partial charge on any atom is 0.326 e. The summed E-state index contributed by atoms with van der Waals surface area (Å²) in [5, 5.41) is 13.7. The zero-order valence-corrected chi connectivity index (χ0v) is 13.0. The number of aliphatic carboxylic acids is 1. The number of aromatic nitrogens is 2. The molecule has 0 saturated carbocycles. The van der Waals surface area contributed by atoms with Crippen molar-refractivity contribution in [2.75, 3.05) is 6.54 Å². The fourth-order valence-electron chi connectivity index (χ4n) is 2.97. The number of amides is 1. The van der Waals surface area contributed by atoms with Crippen molar-refractivity contribution in [1.29, 1.82) is 0 Å². The monoisotopic (exact) mass is 313 g/mol. The average Bonchev–Trinajstić information content (AvgIpc) is 2.97. The molecular formula is C17H19N3O3. The maximum absolute atomic E-state index is 12.8. The summed E-state index contributed by atoms with van der Waals surface area (Å²) < 4.78 is 1.66. The number of nitrogens with zero attached hydrogens (tertiary/aromatic N) is 3. The van der Waals surface area contributed by atoms with E-state index in [0.29, 0.717) is 24.2 Å². The van der Waals surface area contributed by atoms with E-state index in [2.05, 4.69) is 5.10 Å². The summed E-state index contributed by atoms with van der Waals surface area (Å²) in [6.45, 7) is 2.25. The van der Waals surface area contributed by atoms with Crippen LogP contribution in [-0.4, -0.2) is 44.3 Å². The van der Waals surface area contributed by atoms with Gasteiger partial charge in [0, 0.05) is 12.7 Å². The molecule has 1 aromatic heterocycles. The van der Waals surface area contributed by atoms with Crippen molar-refractivity contribution >= 4 is 11.9 Å². The Morgan fingerprint density at radius 2 is 1.96 bits per heavy atom. The van der Waals surface area contributed by atoms with Gasteiger partial charge in [-0.2, -0.15) is 5.10 Å². The first-order valence-electron chi connectivity index (χ1n) is 7.73. The number of carbonyl (C=O) groups is 2. The number of carbonyl (C=O) groups excluding carboxylic acids is 1. The van der Waals surface area contributed by atoms with Gasteiger partial charge in [-0.15, -0.1) is 0 Å². The number of aryl methyl sites for hydroxylation is 1. The van der Waals surface area contributed by atoms with Gasteiger partial charge in [0.25, 0.3) is 5.91 Å². The number of rotatable bonds is 3. The van der Waals surface area contributed by atoms with Crippen LogP contribution in [0.25, 0.3) is 5.69 Å². The van der Waals surface area contributed by atoms with Crippen LogP contribution in [0.3, 0.4) is 0 Å². The van der Waals surface area contributed by atoms with Gasteiger partial charge >= 0.3 is 5.97 Å². The molecule has 0 aliphatic carbocycles. The van der Waals surface area contributed by atoms with E-state index in [1.807, 2.05) is 30.3 Å². The normalized spacial score (nSPS) is 18.0. The molecule has 0 bridgehead atoms. The highest BCUT2D eigenvalue weighted by Crippen LogP contribution is 2.22. The molecule has 1 fully saturated rings. The topological polar surface area (TPSA) is 75.4 Å². The summed E-state index contributed by atoms with van der Waals surface area (Å²) in [5.74, 6) is -1.19. The average molecular weight is 313 g/mol. The summed E-state index contributed by atoms with van der Waals surface area (Å²) in [7, 11) is 0. The molecule has 1 amide bonds. The van der Waals surface area contributed by atoms with Crippen LogP contribution in [0.15, 0.2) is 36.5 Å². The van der Waals surface area contributed by atoms with E-state index in [9.17, 15) is 14.7 Å². The van der Waals surface area contributed by atoms with Crippen LogP contribution in [0.4, 0.5) is 0 Å². The summed E-state index contributed by atoms with van der Waals surface area (Å²) in [4.78, 5) is 25.7. The summed E-state index contributed by atoms with van der Waals surface area (Å²) in [5.41, 5.74) is 1.93. The summed E-state index contributed by atoms with van der Waals surface area (Å²) >= 11 is 0. The van der Waals surface area contributed by atoms with Gasteiger partial charge in [-0.25, -0.2) is 9.48 Å². The number of hydrogen-bond acceptors (Lipinski definition) is 3. The van der Waals surface area contributed by atoms with Gasteiger partial charge in [-0.05, 0) is 38.3 Å². The molecule has 1 aliphatic heterocycles. The Labute approximate surface area is 134 Å². The van der Waals surface area contributed by atoms with Crippen LogP contribution >= 0.6 is 0 Å². The molecule has 3 rings (SSSR count). The Hall–Kier alpha value is -2.63. The molecule has 1 saturated heterocycles. The zero-order chi connectivity index (χ0) is 16.4. The molecule has 2 aromatic rings. The van der Waals surface area contributed by atoms with Gasteiger partial charge in [0.05, 0.1) is 16.9 Å². The van der Waals surface area contributed by atoms with Crippen molar-refractivity contribution in [2.45, 2.75) is 32.2 Å². The number of carboxylic acids is 1. The van der Waals surface area contributed by atoms with Crippen LogP contribution < -0.4 is 0 Å². The third kappa shape index (κ3) is 2.97. The van der Waals surface area contributed by atoms with Crippen LogP contribution in [0.5, 0.6) is 0 Å². The first kappa shape index (κ1) is 15.3. The fraction of sp³-hybridized carbons (Fsp3) is 0.353. The first-order chi connectivity index (χ1) is 11.1. The molecule has 1 atom stereocenters. The lowest BCUT2D eigenvalue weighted by Gasteiger charge is -2.32. The van der Waals surface area contributed by atoms with E-state index >= 15 is 0 Å². The van der Waals surface area contributed by atoms with Gasteiger partial charge in [0.1, 0.15) is 6.04 Å². The SMILES string of the molecule is Cc1nn(-c2ccccc2)cc1C(=O)N1CCCC[C@@H]1C(=O)O. The second-order valence-electron chi connectivity index (χ2n) is 5.76. The van der Waals surface area contributed by atoms with Gasteiger partial charge < -0.3 is 10.0 Å². The third-order valence-corrected chi connectivity index (χ3v) is 4.20. The molecule has 120 valence electrons. The largest absolute Gasteiger partial charge is 0.480 e. The Bertz CT molecular complexity index is 724. The van der Waals surface area contributed by atoms with Crippen LogP contribution in [0.1, 0.15) is 35.3 Å². The predicted octanol–water partition coefficient (Wildman–Crippen LogP) is 2.26. The Morgan fingerprint density at radius 3 is 2.65 bits per heavy atom. The highest BCUT2D eigenvalue weighted by molar-refractivity contribution is 5.97. The zero-order valence-electron chi connectivity index (χ0n) is 13.0. The second-order valence-corrected chi connectivity index (χ2v) is 5.76. The van der Waals surface area contributed by atoms with Gasteiger partial charge in [-0.1, -0.05) is 18.2 Å². The van der Waals surface area contributed by atoms with Crippen molar-refractivity contribution < 1.29 is 14.7 Å². The third-order valence-electron chi connectivity index (χ3n) is 4.20. The Balaban J connectivity index is 1.90. The lowest BCUT2D eigenvalue weighted by atomic mass is 10.0. The van der Waals surface area contributed by atoms with Crippen molar-refractivity contribution in [1.82, 2.24) is 14.7 Å². The lowest BCUT2D eigenvalue weighted by Crippen LogP contribution is -2.48. The van der Waals surface area contributed by atoms with Gasteiger partial charge in [0.2, 0.25) is 0 Å². The van der Waals surface area contributed by atoms with Crippen molar-refractivity contribution in [3.63, 3.8) is 0 Å². The quantitative estimate of drug-likeness (QED) is 0.943. The van der Waals surface area contributed by atoms with Crippen molar-refractivity contribution in [3.05, 3.63) is 47.8 Å². The molecule has 0 unspecified atom stereocenters. The van der Waals surface area contributed by atoms with E-state index < -0.39 is 12.0 Å². The fourth-order valence-corrected chi connectivity index (χ4v) is 2.97. The van der Waals surface area contributed by atoms with E-state index in [4.69, 9.17) is 0 Å². The maximum atomic E-state index is 12.8. The molecule has 6 heteroatoms. The molecule has 1 aromatic carbocycles. The first-order valence-corrected chi connectivity index (χ1v) is 7.73. The number of carboxylic acid groups (broad SMARTS) is 1. The molecule has 0 spiro atoms. The van der Waals surface area contributed by atoms with Gasteiger partial charge in [0.15, 0.2) is 0 Å². The number of hydrogen-bond donors (Lipinski definition) is 1. The number of para-hydroxylation sites is 1. The molecule has 6 nitrogen and oxygen atoms in total. The molecule has 0 radical (unpaired) electrons. The Kier molecular flexibility index (Phi) is 4.14. The number of likely N-dealkylation sites (tertiary alicyclic amines) is 1. The lowest BCUT2D eigenvalue weighted by molar-refractivity contribution is -0.143. The Morgan fingerprint density at radius 1 is 1.22 bits per heavy atom. The van der Waals surface area contributed by atoms with Crippen molar-refractivity contribution in [3.8, 4) is 5.69 Å². The highest BCUT2D eigenvalue weighted by atomic mass is 16.4. The van der Waals surface area contributed by atoms with Crippen molar-refractivity contribution in [2.24, 2.45) is 0 Å².